The van der Waals surface area contributed by atoms with Gasteiger partial charge in [-0.25, -0.2) is 9.59 Å². The first kappa shape index (κ1) is 35.9. The summed E-state index contributed by atoms with van der Waals surface area (Å²) in [6.45, 7) is -0.0293. The third-order valence-corrected chi connectivity index (χ3v) is 14.8. The third kappa shape index (κ3) is 5.79. The lowest BCUT2D eigenvalue weighted by Crippen LogP contribution is -2.14. The lowest BCUT2D eigenvalue weighted by Gasteiger charge is -2.11. The summed E-state index contributed by atoms with van der Waals surface area (Å²) in [5, 5.41) is 4.74. The van der Waals surface area contributed by atoms with Crippen LogP contribution in [0.1, 0.15) is 31.8 Å². The van der Waals surface area contributed by atoms with Crippen molar-refractivity contribution in [2.24, 2.45) is 0 Å². The van der Waals surface area contributed by atoms with E-state index in [4.69, 9.17) is 28.4 Å². The summed E-state index contributed by atoms with van der Waals surface area (Å²) in [6, 6.07) is 20.5. The standard InChI is InChI=1S/C42H28O10S4/c1-47-23-9-19(10-24(15-23)48-2)17-51-41(45)21-5-7-27-29(13-21)36(44)32-31(35(27)43)39-34-33-37(53-55-40(32)33)28-8-6-22(14-30(28)38(34)54-56-39)42(46)52-18-20-11-25(49-3)16-26(12-20)50-4/h5-16H,17-18H2,1-4H3. The summed E-state index contributed by atoms with van der Waals surface area (Å²) in [5.74, 6) is 1.17. The topological polar surface area (TPSA) is 124 Å². The van der Waals surface area contributed by atoms with Gasteiger partial charge in [-0.15, -0.1) is 0 Å². The Morgan fingerprint density at radius 3 is 1.30 bits per heavy atom. The zero-order valence-electron chi connectivity index (χ0n) is 30.1. The highest BCUT2D eigenvalue weighted by atomic mass is 32.9. The summed E-state index contributed by atoms with van der Waals surface area (Å²) < 4.78 is 36.0. The van der Waals surface area contributed by atoms with E-state index in [1.807, 2.05) is 12.1 Å². The maximum Gasteiger partial charge on any atom is 0.338 e. The summed E-state index contributed by atoms with van der Waals surface area (Å²) in [4.78, 5) is 55.5. The first-order valence-corrected chi connectivity index (χ1v) is 21.3. The molecule has 0 aliphatic rings. The van der Waals surface area contributed by atoms with Gasteiger partial charge in [0.25, 0.3) is 0 Å². The molecule has 0 radical (unpaired) electrons. The first-order chi connectivity index (χ1) is 27.2. The second-order valence-corrected chi connectivity index (χ2v) is 17.2. The van der Waals surface area contributed by atoms with Crippen LogP contribution in [-0.2, 0) is 22.7 Å². The summed E-state index contributed by atoms with van der Waals surface area (Å²) in [7, 11) is 12.1. The normalized spacial score (nSPS) is 11.6. The third-order valence-electron chi connectivity index (χ3n) is 9.78. The van der Waals surface area contributed by atoms with Gasteiger partial charge in [-0.3, -0.25) is 9.59 Å². The first-order valence-electron chi connectivity index (χ1n) is 17.0. The Morgan fingerprint density at radius 2 is 0.839 bits per heavy atom. The fraction of sp³-hybridized carbons (Fsp3) is 0.143. The number of esters is 2. The number of hydrogen-bond acceptors (Lipinski definition) is 14. The zero-order chi connectivity index (χ0) is 38.8. The molecule has 9 aromatic rings. The number of carbonyl (C=O) groups is 2. The van der Waals surface area contributed by atoms with Crippen molar-refractivity contribution >= 4 is 115 Å². The Labute approximate surface area is 331 Å². The molecule has 2 heterocycles. The molecule has 0 fully saturated rings. The minimum Gasteiger partial charge on any atom is -0.497 e. The van der Waals surface area contributed by atoms with E-state index in [0.29, 0.717) is 44.9 Å². The lowest BCUT2D eigenvalue weighted by molar-refractivity contribution is 0.0464. The molecule has 0 saturated heterocycles. The molecule has 0 aliphatic carbocycles. The summed E-state index contributed by atoms with van der Waals surface area (Å²) in [6.07, 6.45) is 0. The predicted molar refractivity (Wildman–Crippen MR) is 224 cm³/mol. The van der Waals surface area contributed by atoms with E-state index in [0.717, 1.165) is 45.9 Å². The van der Waals surface area contributed by atoms with Crippen LogP contribution in [0.3, 0.4) is 0 Å². The Balaban J connectivity index is 1.11. The number of fused-ring (bicyclic) bond motifs is 7. The van der Waals surface area contributed by atoms with Gasteiger partial charge in [0.15, 0.2) is 10.9 Å². The number of ether oxygens (including phenoxy) is 6. The second-order valence-electron chi connectivity index (χ2n) is 12.9. The van der Waals surface area contributed by atoms with Crippen molar-refractivity contribution in [1.82, 2.24) is 0 Å². The van der Waals surface area contributed by atoms with E-state index in [-0.39, 0.29) is 40.4 Å². The van der Waals surface area contributed by atoms with E-state index in [2.05, 4.69) is 0 Å². The molecular formula is C42H28O10S4. The average molecular weight is 821 g/mol. The van der Waals surface area contributed by atoms with Crippen LogP contribution >= 0.6 is 41.4 Å². The quantitative estimate of drug-likeness (QED) is 0.0749. The van der Waals surface area contributed by atoms with Crippen LogP contribution in [0.15, 0.2) is 82.4 Å². The molecule has 0 unspecified atom stereocenters. The number of hydrogen-bond donors (Lipinski definition) is 0. The molecular weight excluding hydrogens is 793 g/mol. The van der Waals surface area contributed by atoms with Crippen LogP contribution in [0, 0.1) is 0 Å². The molecule has 0 saturated carbocycles. The van der Waals surface area contributed by atoms with Gasteiger partial charge in [-0.2, -0.15) is 0 Å². The van der Waals surface area contributed by atoms with E-state index in [1.54, 1.807) is 56.7 Å². The SMILES string of the molecule is COc1cc(COC(=O)c2ccc3c(=O)c4c5ssc6c7cc(C(=O)OCc8cc(OC)cc(OC)c8)ccc7c7ssc(c4c(=O)c3c2)c7c65)cc(OC)c1. The van der Waals surface area contributed by atoms with Gasteiger partial charge in [-0.1, -0.05) is 47.4 Å². The van der Waals surface area contributed by atoms with E-state index < -0.39 is 11.9 Å². The van der Waals surface area contributed by atoms with Crippen molar-refractivity contribution in [3.05, 3.63) is 115 Å². The molecule has 0 atom stereocenters. The van der Waals surface area contributed by atoms with Gasteiger partial charge in [0, 0.05) is 44.5 Å². The molecule has 14 heteroatoms. The van der Waals surface area contributed by atoms with E-state index >= 15 is 0 Å². The molecule has 7 aromatic carbocycles. The van der Waals surface area contributed by atoms with Crippen molar-refractivity contribution in [1.29, 1.82) is 0 Å². The van der Waals surface area contributed by atoms with Gasteiger partial charge in [0.05, 0.1) is 69.1 Å². The van der Waals surface area contributed by atoms with Gasteiger partial charge < -0.3 is 28.4 Å². The monoisotopic (exact) mass is 820 g/mol. The van der Waals surface area contributed by atoms with Gasteiger partial charge >= 0.3 is 11.9 Å². The number of carbonyl (C=O) groups excluding carboxylic acids is 2. The number of benzene rings is 7. The van der Waals surface area contributed by atoms with Crippen molar-refractivity contribution in [2.45, 2.75) is 13.2 Å². The number of methoxy groups -OCH3 is 4. The molecule has 0 amide bonds. The van der Waals surface area contributed by atoms with Crippen molar-refractivity contribution < 1.29 is 38.0 Å². The van der Waals surface area contributed by atoms with Crippen LogP contribution in [0.2, 0.25) is 0 Å². The van der Waals surface area contributed by atoms with E-state index in [9.17, 15) is 19.2 Å². The van der Waals surface area contributed by atoms with Crippen LogP contribution in [0.25, 0.3) is 61.9 Å². The Bertz CT molecular complexity index is 3150. The minimum absolute atomic E-state index is 0.0241. The van der Waals surface area contributed by atoms with Crippen LogP contribution in [0.4, 0.5) is 0 Å². The van der Waals surface area contributed by atoms with Crippen molar-refractivity contribution in [3.8, 4) is 23.0 Å². The molecule has 9 rings (SSSR count). The molecule has 0 bridgehead atoms. The largest absolute Gasteiger partial charge is 0.497 e. The molecule has 0 spiro atoms. The molecule has 0 N–H and O–H groups in total. The van der Waals surface area contributed by atoms with E-state index in [1.165, 1.54) is 73.8 Å². The summed E-state index contributed by atoms with van der Waals surface area (Å²) >= 11 is 0. The van der Waals surface area contributed by atoms with Crippen LogP contribution in [-0.4, -0.2) is 40.4 Å². The highest BCUT2D eigenvalue weighted by Crippen LogP contribution is 2.52. The average Bonchev–Trinajstić information content (AvgIpc) is 3.88. The maximum absolute atomic E-state index is 14.5. The predicted octanol–water partition coefficient (Wildman–Crippen LogP) is 9.76. The van der Waals surface area contributed by atoms with Gasteiger partial charge in [0.2, 0.25) is 0 Å². The second kappa shape index (κ2) is 14.0. The molecule has 2 aromatic heterocycles. The van der Waals surface area contributed by atoms with Crippen molar-refractivity contribution in [2.75, 3.05) is 28.4 Å². The van der Waals surface area contributed by atoms with Crippen LogP contribution in [0.5, 0.6) is 23.0 Å². The van der Waals surface area contributed by atoms with Crippen molar-refractivity contribution in [3.63, 3.8) is 0 Å². The Hall–Kier alpha value is -5.80. The van der Waals surface area contributed by atoms with Gasteiger partial charge in [0.1, 0.15) is 36.2 Å². The maximum atomic E-state index is 14.5. The highest BCUT2D eigenvalue weighted by molar-refractivity contribution is 7.77. The lowest BCUT2D eigenvalue weighted by atomic mass is 9.95. The Kier molecular flexibility index (Phi) is 9.00. The minimum atomic E-state index is -0.638. The molecule has 10 nitrogen and oxygen atoms in total. The molecule has 0 aliphatic heterocycles. The summed E-state index contributed by atoms with van der Waals surface area (Å²) in [5.41, 5.74) is 1.33. The number of rotatable bonds is 10. The fourth-order valence-corrected chi connectivity index (χ4v) is 12.8. The molecule has 280 valence electrons. The fourth-order valence-electron chi connectivity index (χ4n) is 7.09. The Morgan fingerprint density at radius 1 is 0.446 bits per heavy atom. The highest BCUT2D eigenvalue weighted by Gasteiger charge is 2.26. The smallest absolute Gasteiger partial charge is 0.338 e. The van der Waals surface area contributed by atoms with Crippen LogP contribution < -0.4 is 29.8 Å². The zero-order valence-corrected chi connectivity index (χ0v) is 33.3. The van der Waals surface area contributed by atoms with Gasteiger partial charge in [-0.05, 0) is 65.7 Å². The molecule has 56 heavy (non-hydrogen) atoms.